The highest BCUT2D eigenvalue weighted by molar-refractivity contribution is 5.85. The number of halogens is 1. The van der Waals surface area contributed by atoms with Crippen molar-refractivity contribution < 1.29 is 9.90 Å². The molecule has 0 bridgehead atoms. The van der Waals surface area contributed by atoms with E-state index >= 15 is 0 Å². The van der Waals surface area contributed by atoms with E-state index in [2.05, 4.69) is 4.98 Å². The molecule has 1 atom stereocenters. The number of nitrogens with zero attached hydrogens (tertiary/aromatic N) is 2. The van der Waals surface area contributed by atoms with Crippen LogP contribution in [0.3, 0.4) is 0 Å². The minimum absolute atomic E-state index is 0. The van der Waals surface area contributed by atoms with Gasteiger partial charge in [0.1, 0.15) is 5.82 Å². The zero-order valence-corrected chi connectivity index (χ0v) is 9.12. The molecule has 0 spiro atoms. The lowest BCUT2D eigenvalue weighted by atomic mass is 10.2. The van der Waals surface area contributed by atoms with Gasteiger partial charge in [0, 0.05) is 24.9 Å². The third-order valence-corrected chi connectivity index (χ3v) is 2.01. The Hall–Kier alpha value is -1.03. The van der Waals surface area contributed by atoms with Crippen molar-refractivity contribution in [1.82, 2.24) is 9.55 Å². The first-order valence-electron chi connectivity index (χ1n) is 4.38. The van der Waals surface area contributed by atoms with Crippen molar-refractivity contribution >= 4 is 18.4 Å². The fraction of sp³-hybridized carbons (Fsp3) is 0.556. The molecule has 14 heavy (non-hydrogen) atoms. The predicted molar refractivity (Wildman–Crippen MR) is 55.8 cm³/mol. The lowest BCUT2D eigenvalue weighted by Crippen LogP contribution is -2.12. The van der Waals surface area contributed by atoms with Gasteiger partial charge in [0.2, 0.25) is 0 Å². The summed E-state index contributed by atoms with van der Waals surface area (Å²) in [5.41, 5.74) is 0. The molecular weight excluding hydrogens is 204 g/mol. The van der Waals surface area contributed by atoms with Crippen molar-refractivity contribution in [2.45, 2.75) is 32.7 Å². The van der Waals surface area contributed by atoms with E-state index in [0.717, 1.165) is 12.2 Å². The van der Waals surface area contributed by atoms with E-state index in [1.165, 1.54) is 0 Å². The normalized spacial score (nSPS) is 11.9. The largest absolute Gasteiger partial charge is 0.481 e. The highest BCUT2D eigenvalue weighted by Crippen LogP contribution is 2.13. The number of aliphatic carboxylic acids is 1. The van der Waals surface area contributed by atoms with Crippen LogP contribution in [0, 0.1) is 0 Å². The Morgan fingerprint density at radius 2 is 2.36 bits per heavy atom. The topological polar surface area (TPSA) is 55.1 Å². The Bertz CT molecular complexity index is 299. The molecule has 80 valence electrons. The molecule has 0 aliphatic carbocycles. The van der Waals surface area contributed by atoms with Crippen molar-refractivity contribution in [2.24, 2.45) is 0 Å². The fourth-order valence-electron chi connectivity index (χ4n) is 1.37. The molecule has 1 aromatic rings. The highest BCUT2D eigenvalue weighted by Gasteiger charge is 2.11. The van der Waals surface area contributed by atoms with Crippen LogP contribution in [0.1, 0.15) is 32.1 Å². The van der Waals surface area contributed by atoms with Gasteiger partial charge in [0.25, 0.3) is 0 Å². The highest BCUT2D eigenvalue weighted by atomic mass is 35.5. The number of carbonyl (C=O) groups is 1. The number of aromatic nitrogens is 2. The third-order valence-electron chi connectivity index (χ3n) is 2.01. The molecule has 0 saturated heterocycles. The standard InChI is InChI=1S/C9H14N2O2.ClH/c1-3-8-10-4-5-11(8)7(2)6-9(12)13;/h4-5,7H,3,6H2,1-2H3,(H,12,13);1H. The van der Waals surface area contributed by atoms with Crippen LogP contribution < -0.4 is 0 Å². The average molecular weight is 219 g/mol. The monoisotopic (exact) mass is 218 g/mol. The third kappa shape index (κ3) is 3.03. The summed E-state index contributed by atoms with van der Waals surface area (Å²) in [6.07, 6.45) is 4.50. The molecule has 0 radical (unpaired) electrons. The van der Waals surface area contributed by atoms with E-state index in [-0.39, 0.29) is 24.9 Å². The predicted octanol–water partition coefficient (Wildman–Crippen LogP) is 1.90. The van der Waals surface area contributed by atoms with Crippen LogP contribution in [-0.2, 0) is 11.2 Å². The quantitative estimate of drug-likeness (QED) is 0.840. The zero-order valence-electron chi connectivity index (χ0n) is 8.30. The molecule has 5 heteroatoms. The second kappa shape index (κ2) is 5.65. The zero-order chi connectivity index (χ0) is 9.84. The minimum atomic E-state index is -0.775. The number of hydrogen-bond acceptors (Lipinski definition) is 2. The Balaban J connectivity index is 0.00000169. The SMILES string of the molecule is CCc1nccn1C(C)CC(=O)O.Cl. The average Bonchev–Trinajstić information content (AvgIpc) is 2.49. The van der Waals surface area contributed by atoms with Crippen molar-refractivity contribution in [1.29, 1.82) is 0 Å². The van der Waals surface area contributed by atoms with Gasteiger partial charge in [-0.25, -0.2) is 4.98 Å². The van der Waals surface area contributed by atoms with Crippen LogP contribution in [0.2, 0.25) is 0 Å². The first-order valence-corrected chi connectivity index (χ1v) is 4.38. The number of carboxylic acids is 1. The van der Waals surface area contributed by atoms with Gasteiger partial charge < -0.3 is 9.67 Å². The molecule has 0 fully saturated rings. The summed E-state index contributed by atoms with van der Waals surface area (Å²) in [6, 6.07) is -0.0186. The molecule has 4 nitrogen and oxygen atoms in total. The van der Waals surface area contributed by atoms with Gasteiger partial charge in [-0.15, -0.1) is 12.4 Å². The molecule has 0 aliphatic rings. The lowest BCUT2D eigenvalue weighted by Gasteiger charge is -2.13. The Kier molecular flexibility index (Phi) is 5.23. The Morgan fingerprint density at radius 3 is 2.86 bits per heavy atom. The summed E-state index contributed by atoms with van der Waals surface area (Å²) in [6.45, 7) is 3.89. The van der Waals surface area contributed by atoms with Crippen molar-refractivity contribution in [3.63, 3.8) is 0 Å². The van der Waals surface area contributed by atoms with Crippen molar-refractivity contribution in [3.8, 4) is 0 Å². The van der Waals surface area contributed by atoms with E-state index in [1.807, 2.05) is 24.6 Å². The Morgan fingerprint density at radius 1 is 1.71 bits per heavy atom. The number of aryl methyl sites for hydroxylation is 1. The fourth-order valence-corrected chi connectivity index (χ4v) is 1.37. The maximum absolute atomic E-state index is 10.5. The lowest BCUT2D eigenvalue weighted by molar-refractivity contribution is -0.137. The molecule has 1 rings (SSSR count). The molecule has 0 saturated carbocycles. The number of imidazole rings is 1. The second-order valence-corrected chi connectivity index (χ2v) is 3.05. The maximum atomic E-state index is 10.5. The van der Waals surface area contributed by atoms with Gasteiger partial charge >= 0.3 is 5.97 Å². The van der Waals surface area contributed by atoms with Gasteiger partial charge in [0.05, 0.1) is 6.42 Å². The van der Waals surface area contributed by atoms with Gasteiger partial charge in [-0.2, -0.15) is 0 Å². The van der Waals surface area contributed by atoms with E-state index in [1.54, 1.807) is 6.20 Å². The van der Waals surface area contributed by atoms with E-state index in [9.17, 15) is 4.79 Å². The second-order valence-electron chi connectivity index (χ2n) is 3.05. The van der Waals surface area contributed by atoms with Crippen LogP contribution in [0.4, 0.5) is 0 Å². The summed E-state index contributed by atoms with van der Waals surface area (Å²) in [7, 11) is 0. The summed E-state index contributed by atoms with van der Waals surface area (Å²) >= 11 is 0. The van der Waals surface area contributed by atoms with Gasteiger partial charge in [-0.1, -0.05) is 6.92 Å². The molecule has 1 unspecified atom stereocenters. The molecule has 1 N–H and O–H groups in total. The number of carboxylic acid groups (broad SMARTS) is 1. The van der Waals surface area contributed by atoms with Crippen molar-refractivity contribution in [3.05, 3.63) is 18.2 Å². The number of rotatable bonds is 4. The van der Waals surface area contributed by atoms with Crippen LogP contribution in [0.15, 0.2) is 12.4 Å². The first-order chi connectivity index (χ1) is 6.15. The van der Waals surface area contributed by atoms with Crippen molar-refractivity contribution in [2.75, 3.05) is 0 Å². The smallest absolute Gasteiger partial charge is 0.305 e. The van der Waals surface area contributed by atoms with Crippen LogP contribution in [0.25, 0.3) is 0 Å². The van der Waals surface area contributed by atoms with E-state index in [4.69, 9.17) is 5.11 Å². The summed E-state index contributed by atoms with van der Waals surface area (Å²) in [5.74, 6) is 0.164. The summed E-state index contributed by atoms with van der Waals surface area (Å²) < 4.78 is 1.91. The van der Waals surface area contributed by atoms with E-state index in [0.29, 0.717) is 0 Å². The van der Waals surface area contributed by atoms with Gasteiger partial charge in [-0.05, 0) is 6.92 Å². The Labute approximate surface area is 89.4 Å². The van der Waals surface area contributed by atoms with Crippen LogP contribution in [0.5, 0.6) is 0 Å². The molecule has 0 amide bonds. The first kappa shape index (κ1) is 13.0. The number of hydrogen-bond donors (Lipinski definition) is 1. The maximum Gasteiger partial charge on any atom is 0.305 e. The minimum Gasteiger partial charge on any atom is -0.481 e. The van der Waals surface area contributed by atoms with Gasteiger partial charge in [-0.3, -0.25) is 4.79 Å². The van der Waals surface area contributed by atoms with Crippen LogP contribution in [-0.4, -0.2) is 20.6 Å². The molecular formula is C9H15ClN2O2. The van der Waals surface area contributed by atoms with Crippen LogP contribution >= 0.6 is 12.4 Å². The molecule has 0 aromatic carbocycles. The summed E-state index contributed by atoms with van der Waals surface area (Å²) in [4.78, 5) is 14.6. The van der Waals surface area contributed by atoms with E-state index < -0.39 is 5.97 Å². The summed E-state index contributed by atoms with van der Waals surface area (Å²) in [5, 5.41) is 8.61. The molecule has 1 heterocycles. The van der Waals surface area contributed by atoms with Gasteiger partial charge in [0.15, 0.2) is 0 Å². The molecule has 0 aliphatic heterocycles. The molecule has 1 aromatic heterocycles.